The molecule has 1 rings (SSSR count). The van der Waals surface area contributed by atoms with E-state index >= 15 is 0 Å². The van der Waals surface area contributed by atoms with Gasteiger partial charge in [0.15, 0.2) is 6.67 Å². The van der Waals surface area contributed by atoms with E-state index in [4.69, 9.17) is 0 Å². The Morgan fingerprint density at radius 3 is 2.50 bits per heavy atom. The molecule has 1 aromatic rings. The van der Waals surface area contributed by atoms with Crippen LogP contribution in [0, 0.1) is 0 Å². The minimum Gasteiger partial charge on any atom is -0.386 e. The molecule has 16 heavy (non-hydrogen) atoms. The molecule has 88 valence electrons. The number of amides is 1. The van der Waals surface area contributed by atoms with Crippen LogP contribution in [0.3, 0.4) is 0 Å². The molecule has 0 aromatic heterocycles. The van der Waals surface area contributed by atoms with Crippen molar-refractivity contribution in [2.75, 3.05) is 13.7 Å². The van der Waals surface area contributed by atoms with E-state index in [0.29, 0.717) is 5.56 Å². The third-order valence-electron chi connectivity index (χ3n) is 2.72. The molecule has 0 spiro atoms. The molecule has 0 unspecified atom stereocenters. The van der Waals surface area contributed by atoms with Gasteiger partial charge in [0.2, 0.25) is 0 Å². The highest BCUT2D eigenvalue weighted by atomic mass is 19.1. The highest BCUT2D eigenvalue weighted by molar-refractivity contribution is 5.77. The van der Waals surface area contributed by atoms with Crippen LogP contribution in [-0.4, -0.2) is 35.7 Å². The highest BCUT2D eigenvalue weighted by Gasteiger charge is 2.23. The molecule has 0 aliphatic heterocycles. The zero-order valence-electron chi connectivity index (χ0n) is 9.43. The second kappa shape index (κ2) is 5.61. The number of halogens is 1. The normalized spacial score (nSPS) is 14.2. The standard InChI is InChI=1S/C12H16FNO2/c1-9(14(2)11(15)8-13)12(16)10-6-4-3-5-7-10/h3-7,9,12,16H,8H2,1-2H3/t9-,12+/m1/s1. The lowest BCUT2D eigenvalue weighted by molar-refractivity contribution is -0.134. The first-order valence-corrected chi connectivity index (χ1v) is 5.12. The Morgan fingerprint density at radius 1 is 1.44 bits per heavy atom. The molecule has 0 heterocycles. The number of hydrogen-bond donors (Lipinski definition) is 1. The number of aliphatic hydroxyl groups excluding tert-OH is 1. The van der Waals surface area contributed by atoms with Crippen molar-refractivity contribution in [3.8, 4) is 0 Å². The SMILES string of the molecule is C[C@H]([C@H](O)c1ccccc1)N(C)C(=O)CF. The maximum atomic E-state index is 12.2. The molecule has 4 heteroatoms. The summed E-state index contributed by atoms with van der Waals surface area (Å²) in [6, 6.07) is 8.55. The minimum atomic E-state index is -1.04. The topological polar surface area (TPSA) is 40.5 Å². The van der Waals surface area contributed by atoms with Gasteiger partial charge < -0.3 is 10.0 Å². The lowest BCUT2D eigenvalue weighted by atomic mass is 10.0. The van der Waals surface area contributed by atoms with Crippen molar-refractivity contribution in [3.63, 3.8) is 0 Å². The van der Waals surface area contributed by atoms with Gasteiger partial charge in [-0.05, 0) is 12.5 Å². The molecule has 0 saturated heterocycles. The van der Waals surface area contributed by atoms with Crippen molar-refractivity contribution in [2.45, 2.75) is 19.1 Å². The minimum absolute atomic E-state index is 0.453. The van der Waals surface area contributed by atoms with Gasteiger partial charge in [0, 0.05) is 7.05 Å². The molecule has 3 nitrogen and oxygen atoms in total. The summed E-state index contributed by atoms with van der Waals surface area (Å²) in [5.74, 6) is -0.623. The monoisotopic (exact) mass is 225 g/mol. The summed E-state index contributed by atoms with van der Waals surface area (Å²) in [7, 11) is 1.48. The van der Waals surface area contributed by atoms with Gasteiger partial charge in [-0.1, -0.05) is 30.3 Å². The molecule has 0 radical (unpaired) electrons. The average Bonchev–Trinajstić information content (AvgIpc) is 2.36. The maximum absolute atomic E-state index is 12.2. The summed E-state index contributed by atoms with van der Waals surface area (Å²) in [6.45, 7) is 0.646. The van der Waals surface area contributed by atoms with Crippen molar-refractivity contribution in [1.29, 1.82) is 0 Å². The average molecular weight is 225 g/mol. The van der Waals surface area contributed by atoms with Crippen LogP contribution in [-0.2, 0) is 4.79 Å². The van der Waals surface area contributed by atoms with Crippen LogP contribution in [0.25, 0.3) is 0 Å². The van der Waals surface area contributed by atoms with Gasteiger partial charge in [-0.15, -0.1) is 0 Å². The van der Waals surface area contributed by atoms with Crippen molar-refractivity contribution in [3.05, 3.63) is 35.9 Å². The molecule has 0 aliphatic carbocycles. The van der Waals surface area contributed by atoms with Gasteiger partial charge in [-0.2, -0.15) is 0 Å². The number of carbonyl (C=O) groups excluding carboxylic acids is 1. The van der Waals surface area contributed by atoms with Gasteiger partial charge in [-0.25, -0.2) is 4.39 Å². The van der Waals surface area contributed by atoms with E-state index in [0.717, 1.165) is 0 Å². The summed E-state index contributed by atoms with van der Waals surface area (Å²) in [5.41, 5.74) is 0.716. The number of likely N-dealkylation sites (N-methyl/N-ethyl adjacent to an activating group) is 1. The first-order valence-electron chi connectivity index (χ1n) is 5.12. The van der Waals surface area contributed by atoms with Gasteiger partial charge in [0.25, 0.3) is 5.91 Å². The van der Waals surface area contributed by atoms with E-state index in [1.54, 1.807) is 19.1 Å². The summed E-state index contributed by atoms with van der Waals surface area (Å²) in [4.78, 5) is 12.3. The molecule has 0 saturated carbocycles. The third kappa shape index (κ3) is 2.79. The van der Waals surface area contributed by atoms with Crippen molar-refractivity contribution in [1.82, 2.24) is 4.90 Å². The Kier molecular flexibility index (Phi) is 4.43. The number of hydrogen-bond acceptors (Lipinski definition) is 2. The number of nitrogens with zero attached hydrogens (tertiary/aromatic N) is 1. The molecule has 0 fully saturated rings. The first-order chi connectivity index (χ1) is 7.57. The fourth-order valence-corrected chi connectivity index (χ4v) is 1.46. The van der Waals surface area contributed by atoms with Crippen LogP contribution in [0.2, 0.25) is 0 Å². The maximum Gasteiger partial charge on any atom is 0.254 e. The Hall–Kier alpha value is -1.42. The predicted molar refractivity (Wildman–Crippen MR) is 59.6 cm³/mol. The molecule has 0 bridgehead atoms. The first kappa shape index (κ1) is 12.6. The zero-order valence-corrected chi connectivity index (χ0v) is 9.43. The van der Waals surface area contributed by atoms with Crippen LogP contribution in [0.4, 0.5) is 4.39 Å². The van der Waals surface area contributed by atoms with E-state index in [2.05, 4.69) is 0 Å². The van der Waals surface area contributed by atoms with Crippen LogP contribution >= 0.6 is 0 Å². The number of benzene rings is 1. The second-order valence-electron chi connectivity index (χ2n) is 3.73. The second-order valence-corrected chi connectivity index (χ2v) is 3.73. The van der Waals surface area contributed by atoms with Gasteiger partial charge in [0.1, 0.15) is 0 Å². The highest BCUT2D eigenvalue weighted by Crippen LogP contribution is 2.19. The predicted octanol–water partition coefficient (Wildman–Crippen LogP) is 1.54. The molecule has 1 amide bonds. The third-order valence-corrected chi connectivity index (χ3v) is 2.72. The molecule has 1 N–H and O–H groups in total. The number of rotatable bonds is 4. The Morgan fingerprint density at radius 2 is 2.00 bits per heavy atom. The number of alkyl halides is 1. The lowest BCUT2D eigenvalue weighted by Crippen LogP contribution is -2.39. The smallest absolute Gasteiger partial charge is 0.254 e. The number of carbonyl (C=O) groups is 1. The van der Waals surface area contributed by atoms with Gasteiger partial charge >= 0.3 is 0 Å². The van der Waals surface area contributed by atoms with Crippen LogP contribution in [0.5, 0.6) is 0 Å². The molecule has 0 aliphatic rings. The zero-order chi connectivity index (χ0) is 12.1. The summed E-state index contributed by atoms with van der Waals surface area (Å²) < 4.78 is 12.2. The Bertz CT molecular complexity index is 342. The summed E-state index contributed by atoms with van der Waals surface area (Å²) in [6.07, 6.45) is -0.804. The van der Waals surface area contributed by atoms with E-state index < -0.39 is 24.7 Å². The van der Waals surface area contributed by atoms with Crippen LogP contribution in [0.1, 0.15) is 18.6 Å². The van der Waals surface area contributed by atoms with Gasteiger partial charge in [0.05, 0.1) is 12.1 Å². The molecule has 1 aromatic carbocycles. The molecule has 2 atom stereocenters. The van der Waals surface area contributed by atoms with Crippen molar-refractivity contribution >= 4 is 5.91 Å². The molecular weight excluding hydrogens is 209 g/mol. The largest absolute Gasteiger partial charge is 0.386 e. The fraction of sp³-hybridized carbons (Fsp3) is 0.417. The van der Waals surface area contributed by atoms with E-state index in [9.17, 15) is 14.3 Å². The van der Waals surface area contributed by atoms with E-state index in [1.165, 1.54) is 11.9 Å². The quantitative estimate of drug-likeness (QED) is 0.844. The fourth-order valence-electron chi connectivity index (χ4n) is 1.46. The summed E-state index contributed by atoms with van der Waals surface area (Å²) in [5, 5.41) is 9.99. The Balaban J connectivity index is 2.74. The Labute approximate surface area is 94.5 Å². The molecular formula is C12H16FNO2. The van der Waals surface area contributed by atoms with E-state index in [1.807, 2.05) is 18.2 Å². The van der Waals surface area contributed by atoms with E-state index in [-0.39, 0.29) is 0 Å². The van der Waals surface area contributed by atoms with Crippen LogP contribution in [0.15, 0.2) is 30.3 Å². The van der Waals surface area contributed by atoms with Crippen molar-refractivity contribution in [2.24, 2.45) is 0 Å². The van der Waals surface area contributed by atoms with Crippen LogP contribution < -0.4 is 0 Å². The van der Waals surface area contributed by atoms with Gasteiger partial charge in [-0.3, -0.25) is 4.79 Å². The summed E-state index contributed by atoms with van der Waals surface area (Å²) >= 11 is 0. The van der Waals surface area contributed by atoms with Crippen molar-refractivity contribution < 1.29 is 14.3 Å². The lowest BCUT2D eigenvalue weighted by Gasteiger charge is -2.28. The number of aliphatic hydroxyl groups is 1.